The van der Waals surface area contributed by atoms with E-state index in [-0.39, 0.29) is 22.5 Å². The number of rotatable bonds is 6. The molecule has 0 saturated carbocycles. The summed E-state index contributed by atoms with van der Waals surface area (Å²) in [5.74, 6) is 0.735. The summed E-state index contributed by atoms with van der Waals surface area (Å²) >= 11 is 0. The fourth-order valence-corrected chi connectivity index (χ4v) is 4.70. The third-order valence-corrected chi connectivity index (χ3v) is 6.63. The number of ether oxygens (including phenoxy) is 1. The van der Waals surface area contributed by atoms with Crippen molar-refractivity contribution in [3.05, 3.63) is 34.4 Å². The molecule has 1 unspecified atom stereocenters. The average Bonchev–Trinajstić information content (AvgIpc) is 3.32. The van der Waals surface area contributed by atoms with E-state index >= 15 is 0 Å². The average molecular weight is 411 g/mol. The van der Waals surface area contributed by atoms with E-state index in [0.29, 0.717) is 6.54 Å². The second-order valence-corrected chi connectivity index (χ2v) is 8.87. The summed E-state index contributed by atoms with van der Waals surface area (Å²) in [5.41, 5.74) is -0.0541. The van der Waals surface area contributed by atoms with Gasteiger partial charge in [0.1, 0.15) is 0 Å². The lowest BCUT2D eigenvalue weighted by Crippen LogP contribution is -2.44. The van der Waals surface area contributed by atoms with Crippen molar-refractivity contribution in [2.24, 2.45) is 10.4 Å². The van der Waals surface area contributed by atoms with Crippen molar-refractivity contribution in [3.8, 4) is 0 Å². The number of non-ortho nitro benzene ring substituents is 1. The minimum atomic E-state index is -3.82. The summed E-state index contributed by atoms with van der Waals surface area (Å²) in [7, 11) is -2.12. The van der Waals surface area contributed by atoms with Crippen LogP contribution in [0.2, 0.25) is 0 Å². The van der Waals surface area contributed by atoms with Crippen molar-refractivity contribution in [1.29, 1.82) is 0 Å². The van der Waals surface area contributed by atoms with E-state index in [1.165, 1.54) is 18.2 Å². The molecule has 0 radical (unpaired) electrons. The molecule has 11 heteroatoms. The van der Waals surface area contributed by atoms with E-state index in [4.69, 9.17) is 4.74 Å². The number of hydrogen-bond acceptors (Lipinski definition) is 6. The van der Waals surface area contributed by atoms with Crippen molar-refractivity contribution >= 4 is 21.7 Å². The maximum atomic E-state index is 12.3. The van der Waals surface area contributed by atoms with Crippen molar-refractivity contribution in [1.82, 2.24) is 14.9 Å². The number of sulfonamides is 1. The maximum absolute atomic E-state index is 12.3. The Balaban J connectivity index is 1.50. The largest absolute Gasteiger partial charge is 0.381 e. The first-order valence-electron chi connectivity index (χ1n) is 9.13. The molecule has 3 rings (SSSR count). The van der Waals surface area contributed by atoms with E-state index < -0.39 is 14.9 Å². The van der Waals surface area contributed by atoms with Crippen LogP contribution in [0.25, 0.3) is 0 Å². The molecule has 154 valence electrons. The van der Waals surface area contributed by atoms with Gasteiger partial charge in [-0.2, -0.15) is 0 Å². The summed E-state index contributed by atoms with van der Waals surface area (Å²) in [6, 6.07) is 4.97. The minimum absolute atomic E-state index is 0.131. The van der Waals surface area contributed by atoms with Crippen LogP contribution < -0.4 is 10.0 Å². The van der Waals surface area contributed by atoms with Crippen LogP contribution in [-0.4, -0.2) is 70.6 Å². The van der Waals surface area contributed by atoms with Gasteiger partial charge in [-0.1, -0.05) is 6.07 Å². The summed E-state index contributed by atoms with van der Waals surface area (Å²) in [6.45, 7) is 3.84. The first-order valence-corrected chi connectivity index (χ1v) is 10.6. The number of nitrogens with zero attached hydrogens (tertiary/aromatic N) is 3. The molecule has 0 bridgehead atoms. The van der Waals surface area contributed by atoms with Gasteiger partial charge in [-0.05, 0) is 18.9 Å². The van der Waals surface area contributed by atoms with Crippen LogP contribution in [0.1, 0.15) is 12.8 Å². The molecule has 0 aromatic heterocycles. The molecule has 1 aromatic rings. The Morgan fingerprint density at radius 2 is 2.21 bits per heavy atom. The van der Waals surface area contributed by atoms with E-state index in [0.717, 1.165) is 51.2 Å². The van der Waals surface area contributed by atoms with Gasteiger partial charge in [-0.3, -0.25) is 15.1 Å². The third kappa shape index (κ3) is 4.59. The Labute approximate surface area is 164 Å². The maximum Gasteiger partial charge on any atom is 0.270 e. The molecule has 2 saturated heterocycles. The molecule has 2 aliphatic rings. The number of aliphatic imine (C=N–C) groups is 1. The third-order valence-electron chi connectivity index (χ3n) is 5.17. The number of benzene rings is 1. The summed E-state index contributed by atoms with van der Waals surface area (Å²) in [6.07, 6.45) is 2.12. The van der Waals surface area contributed by atoms with E-state index in [9.17, 15) is 18.5 Å². The molecule has 1 spiro atoms. The van der Waals surface area contributed by atoms with Gasteiger partial charge >= 0.3 is 0 Å². The fraction of sp³-hybridized carbons (Fsp3) is 0.588. The molecule has 10 nitrogen and oxygen atoms in total. The summed E-state index contributed by atoms with van der Waals surface area (Å²) in [4.78, 5) is 16.5. The highest BCUT2D eigenvalue weighted by Crippen LogP contribution is 2.38. The van der Waals surface area contributed by atoms with Gasteiger partial charge in [0.15, 0.2) is 5.96 Å². The van der Waals surface area contributed by atoms with Gasteiger partial charge < -0.3 is 15.0 Å². The minimum Gasteiger partial charge on any atom is -0.381 e. The quantitative estimate of drug-likeness (QED) is 0.230. The number of nitrogens with one attached hydrogen (secondary N) is 2. The molecule has 0 aliphatic carbocycles. The Kier molecular flexibility index (Phi) is 6.16. The lowest BCUT2D eigenvalue weighted by Gasteiger charge is -2.25. The molecule has 2 N–H and O–H groups in total. The predicted molar refractivity (Wildman–Crippen MR) is 104 cm³/mol. The SMILES string of the molecule is CN=C(NCCNS(=O)(=O)c1cccc([N+](=O)[O-])c1)N1CCC2(CCOC2)C1. The number of hydrogen-bond donors (Lipinski definition) is 2. The zero-order valence-corrected chi connectivity index (χ0v) is 16.6. The van der Waals surface area contributed by atoms with E-state index in [1.807, 2.05) is 0 Å². The second kappa shape index (κ2) is 8.41. The van der Waals surface area contributed by atoms with Crippen LogP contribution in [0.4, 0.5) is 5.69 Å². The number of likely N-dealkylation sites (tertiary alicyclic amines) is 1. The summed E-state index contributed by atoms with van der Waals surface area (Å²) < 4.78 is 32.7. The highest BCUT2D eigenvalue weighted by atomic mass is 32.2. The Bertz CT molecular complexity index is 851. The molecule has 28 heavy (non-hydrogen) atoms. The molecule has 2 heterocycles. The van der Waals surface area contributed by atoms with Crippen LogP contribution in [0.3, 0.4) is 0 Å². The Morgan fingerprint density at radius 3 is 2.89 bits per heavy atom. The highest BCUT2D eigenvalue weighted by Gasteiger charge is 2.42. The molecular weight excluding hydrogens is 386 g/mol. The van der Waals surface area contributed by atoms with Crippen LogP contribution in [0, 0.1) is 15.5 Å². The lowest BCUT2D eigenvalue weighted by molar-refractivity contribution is -0.385. The van der Waals surface area contributed by atoms with Crippen molar-refractivity contribution in [2.75, 3.05) is 46.4 Å². The Hall–Kier alpha value is -2.24. The van der Waals surface area contributed by atoms with Gasteiger partial charge in [-0.15, -0.1) is 0 Å². The first kappa shape index (κ1) is 20.5. The molecule has 2 aliphatic heterocycles. The standard InChI is InChI=1S/C17H25N5O5S/c1-18-16(21-9-5-17(12-21)6-10-27-13-17)19-7-8-20-28(25,26)15-4-2-3-14(11-15)22(23)24/h2-4,11,20H,5-10,12-13H2,1H3,(H,18,19). The van der Waals surface area contributed by atoms with Crippen LogP contribution >= 0.6 is 0 Å². The van der Waals surface area contributed by atoms with E-state index in [2.05, 4.69) is 19.9 Å². The van der Waals surface area contributed by atoms with Gasteiger partial charge in [0.05, 0.1) is 16.4 Å². The fourth-order valence-electron chi connectivity index (χ4n) is 3.63. The second-order valence-electron chi connectivity index (χ2n) is 7.10. The molecular formula is C17H25N5O5S. The summed E-state index contributed by atoms with van der Waals surface area (Å²) in [5, 5.41) is 14.0. The zero-order chi connectivity index (χ0) is 20.2. The first-order chi connectivity index (χ1) is 13.4. The van der Waals surface area contributed by atoms with Gasteiger partial charge in [0, 0.05) is 57.4 Å². The smallest absolute Gasteiger partial charge is 0.270 e. The monoisotopic (exact) mass is 411 g/mol. The number of nitro groups is 1. The van der Waals surface area contributed by atoms with Crippen LogP contribution in [0.15, 0.2) is 34.2 Å². The van der Waals surface area contributed by atoms with Crippen molar-refractivity contribution in [2.45, 2.75) is 17.7 Å². The predicted octanol–water partition coefficient (Wildman–Crippen LogP) is 0.561. The van der Waals surface area contributed by atoms with Gasteiger partial charge in [-0.25, -0.2) is 13.1 Å². The number of guanidine groups is 1. The topological polar surface area (TPSA) is 126 Å². The normalized spacial score (nSPS) is 22.8. The number of nitro benzene ring substituents is 1. The highest BCUT2D eigenvalue weighted by molar-refractivity contribution is 7.89. The van der Waals surface area contributed by atoms with Crippen molar-refractivity contribution < 1.29 is 18.1 Å². The van der Waals surface area contributed by atoms with E-state index in [1.54, 1.807) is 7.05 Å². The van der Waals surface area contributed by atoms with Gasteiger partial charge in [0.25, 0.3) is 5.69 Å². The van der Waals surface area contributed by atoms with Crippen LogP contribution in [-0.2, 0) is 14.8 Å². The molecule has 1 atom stereocenters. The van der Waals surface area contributed by atoms with Crippen LogP contribution in [0.5, 0.6) is 0 Å². The zero-order valence-electron chi connectivity index (χ0n) is 15.8. The van der Waals surface area contributed by atoms with Gasteiger partial charge in [0.2, 0.25) is 10.0 Å². The molecule has 1 aromatic carbocycles. The Morgan fingerprint density at radius 1 is 1.39 bits per heavy atom. The molecule has 2 fully saturated rings. The molecule has 0 amide bonds. The lowest BCUT2D eigenvalue weighted by atomic mass is 9.87. The van der Waals surface area contributed by atoms with Crippen molar-refractivity contribution in [3.63, 3.8) is 0 Å².